The van der Waals surface area contributed by atoms with Crippen LogP contribution >= 0.6 is 0 Å². The zero-order chi connectivity index (χ0) is 10.6. The van der Waals surface area contributed by atoms with Crippen LogP contribution in [-0.2, 0) is 19.0 Å². The van der Waals surface area contributed by atoms with E-state index in [1.807, 2.05) is 0 Å². The van der Waals surface area contributed by atoms with E-state index in [4.69, 9.17) is 19.3 Å². The van der Waals surface area contributed by atoms with Crippen molar-refractivity contribution in [2.45, 2.75) is 37.6 Å². The number of hydrogen-bond donors (Lipinski definition) is 2. The molecule has 0 aromatic rings. The minimum absolute atomic E-state index is 0.0902. The van der Waals surface area contributed by atoms with E-state index < -0.39 is 29.8 Å². The molecule has 2 rings (SSSR count). The second-order valence-electron chi connectivity index (χ2n) is 3.89. The maximum atomic E-state index is 11.0. The number of fused-ring (bicyclic) bond motifs is 1. The topological polar surface area (TPSA) is 85.2 Å². The number of hydrogen-bond acceptors (Lipinski definition) is 5. The molecule has 0 saturated carbocycles. The van der Waals surface area contributed by atoms with Gasteiger partial charge in [-0.3, -0.25) is 0 Å². The molecule has 2 aliphatic rings. The maximum Gasteiger partial charge on any atom is 0.367 e. The monoisotopic (exact) mass is 204 g/mol. The lowest BCUT2D eigenvalue weighted by Gasteiger charge is -2.22. The quantitative estimate of drug-likeness (QED) is 0.588. The molecule has 2 fully saturated rings. The van der Waals surface area contributed by atoms with Crippen molar-refractivity contribution in [1.82, 2.24) is 0 Å². The Morgan fingerprint density at radius 2 is 2.14 bits per heavy atom. The molecule has 2 heterocycles. The SMILES string of the molecule is CC1(C)O[C@H]2[C@H](O)CO[C@@]2(C(=O)O)O1. The first-order valence-corrected chi connectivity index (χ1v) is 4.31. The number of aliphatic hydroxyl groups excluding tert-OH is 1. The van der Waals surface area contributed by atoms with E-state index in [0.717, 1.165) is 0 Å². The van der Waals surface area contributed by atoms with Crippen LogP contribution in [0.15, 0.2) is 0 Å². The molecule has 14 heavy (non-hydrogen) atoms. The fourth-order valence-electron chi connectivity index (χ4n) is 1.80. The van der Waals surface area contributed by atoms with Gasteiger partial charge >= 0.3 is 11.8 Å². The fraction of sp³-hybridized carbons (Fsp3) is 0.875. The van der Waals surface area contributed by atoms with E-state index in [2.05, 4.69) is 0 Å². The van der Waals surface area contributed by atoms with E-state index in [-0.39, 0.29) is 6.61 Å². The van der Waals surface area contributed by atoms with Crippen LogP contribution in [0.4, 0.5) is 0 Å². The summed E-state index contributed by atoms with van der Waals surface area (Å²) < 4.78 is 15.4. The van der Waals surface area contributed by atoms with Crippen LogP contribution < -0.4 is 0 Å². The third-order valence-corrected chi connectivity index (χ3v) is 2.30. The fourth-order valence-corrected chi connectivity index (χ4v) is 1.80. The van der Waals surface area contributed by atoms with Gasteiger partial charge in [0.05, 0.1) is 6.61 Å². The summed E-state index contributed by atoms with van der Waals surface area (Å²) in [6.07, 6.45) is -1.93. The molecule has 0 unspecified atom stereocenters. The Bertz CT molecular complexity index is 275. The molecule has 2 N–H and O–H groups in total. The van der Waals surface area contributed by atoms with Gasteiger partial charge in [-0.25, -0.2) is 4.79 Å². The van der Waals surface area contributed by atoms with Gasteiger partial charge in [0.25, 0.3) is 0 Å². The van der Waals surface area contributed by atoms with Crippen LogP contribution in [0.3, 0.4) is 0 Å². The van der Waals surface area contributed by atoms with Crippen molar-refractivity contribution < 1.29 is 29.2 Å². The van der Waals surface area contributed by atoms with Gasteiger partial charge in [-0.2, -0.15) is 0 Å². The average molecular weight is 204 g/mol. The van der Waals surface area contributed by atoms with Gasteiger partial charge < -0.3 is 24.4 Å². The van der Waals surface area contributed by atoms with Crippen LogP contribution in [0, 0.1) is 0 Å². The Morgan fingerprint density at radius 3 is 2.64 bits per heavy atom. The highest BCUT2D eigenvalue weighted by molar-refractivity contribution is 5.77. The summed E-state index contributed by atoms with van der Waals surface area (Å²) in [7, 11) is 0. The van der Waals surface area contributed by atoms with Gasteiger partial charge in [-0.15, -0.1) is 0 Å². The lowest BCUT2D eigenvalue weighted by atomic mass is 10.1. The molecule has 0 aromatic carbocycles. The molecule has 0 amide bonds. The molecule has 0 radical (unpaired) electrons. The number of aliphatic hydroxyl groups is 1. The largest absolute Gasteiger partial charge is 0.477 e. The number of carboxylic acids is 1. The third kappa shape index (κ3) is 1.15. The molecule has 6 nitrogen and oxygen atoms in total. The summed E-state index contributed by atoms with van der Waals surface area (Å²) in [6.45, 7) is 3.06. The Labute approximate surface area is 80.4 Å². The lowest BCUT2D eigenvalue weighted by Crippen LogP contribution is -2.47. The Morgan fingerprint density at radius 1 is 1.50 bits per heavy atom. The van der Waals surface area contributed by atoms with Crippen LogP contribution in [0.5, 0.6) is 0 Å². The minimum atomic E-state index is -1.84. The normalized spacial score (nSPS) is 45.1. The van der Waals surface area contributed by atoms with Crippen LogP contribution in [0.2, 0.25) is 0 Å². The summed E-state index contributed by atoms with van der Waals surface area (Å²) in [5, 5.41) is 18.4. The molecule has 80 valence electrons. The highest BCUT2D eigenvalue weighted by atomic mass is 16.9. The number of ether oxygens (including phenoxy) is 3. The van der Waals surface area contributed by atoms with E-state index in [0.29, 0.717) is 0 Å². The molecule has 0 aliphatic carbocycles. The molecular weight excluding hydrogens is 192 g/mol. The first kappa shape index (κ1) is 9.85. The van der Waals surface area contributed by atoms with E-state index in [1.165, 1.54) is 0 Å². The van der Waals surface area contributed by atoms with Crippen molar-refractivity contribution in [3.8, 4) is 0 Å². The van der Waals surface area contributed by atoms with Gasteiger partial charge in [0.2, 0.25) is 0 Å². The van der Waals surface area contributed by atoms with Gasteiger partial charge in [0.15, 0.2) is 11.9 Å². The molecule has 0 spiro atoms. The summed E-state index contributed by atoms with van der Waals surface area (Å²) in [5.41, 5.74) is 0. The van der Waals surface area contributed by atoms with E-state index in [1.54, 1.807) is 13.8 Å². The van der Waals surface area contributed by atoms with Gasteiger partial charge in [0, 0.05) is 0 Å². The van der Waals surface area contributed by atoms with Crippen LogP contribution in [0.25, 0.3) is 0 Å². The van der Waals surface area contributed by atoms with Crippen molar-refractivity contribution in [1.29, 1.82) is 0 Å². The van der Waals surface area contributed by atoms with Crippen molar-refractivity contribution in [2.24, 2.45) is 0 Å². The first-order chi connectivity index (χ1) is 6.37. The van der Waals surface area contributed by atoms with Crippen molar-refractivity contribution in [2.75, 3.05) is 6.61 Å². The number of carboxylic acid groups (broad SMARTS) is 1. The summed E-state index contributed by atoms with van der Waals surface area (Å²) in [5.74, 6) is -4.17. The van der Waals surface area contributed by atoms with E-state index >= 15 is 0 Å². The number of rotatable bonds is 1. The highest BCUT2D eigenvalue weighted by Gasteiger charge is 2.66. The second-order valence-corrected chi connectivity index (χ2v) is 3.89. The summed E-state index contributed by atoms with van der Waals surface area (Å²) in [4.78, 5) is 11.0. The standard InChI is InChI=1S/C8H12O6/c1-7(2)13-5-4(9)3-12-8(5,14-7)6(10)11/h4-5,9H,3H2,1-2H3,(H,10,11)/t4-,5+,8-/m1/s1. The van der Waals surface area contributed by atoms with Gasteiger partial charge in [-0.1, -0.05) is 0 Å². The summed E-state index contributed by atoms with van der Waals surface area (Å²) >= 11 is 0. The molecule has 2 aliphatic heterocycles. The van der Waals surface area contributed by atoms with Gasteiger partial charge in [-0.05, 0) is 13.8 Å². The predicted molar refractivity (Wildman–Crippen MR) is 42.4 cm³/mol. The zero-order valence-electron chi connectivity index (χ0n) is 7.89. The zero-order valence-corrected chi connectivity index (χ0v) is 7.89. The Kier molecular flexibility index (Phi) is 1.87. The smallest absolute Gasteiger partial charge is 0.367 e. The summed E-state index contributed by atoms with van der Waals surface area (Å²) in [6, 6.07) is 0. The average Bonchev–Trinajstić information content (AvgIpc) is 2.47. The van der Waals surface area contributed by atoms with Crippen molar-refractivity contribution in [3.63, 3.8) is 0 Å². The lowest BCUT2D eigenvalue weighted by molar-refractivity contribution is -0.250. The Balaban J connectivity index is 2.34. The predicted octanol–water partition coefficient (Wildman–Crippen LogP) is -0.690. The number of aliphatic carboxylic acids is 1. The molecule has 0 bridgehead atoms. The van der Waals surface area contributed by atoms with Crippen LogP contribution in [-0.4, -0.2) is 46.6 Å². The first-order valence-electron chi connectivity index (χ1n) is 4.31. The molecule has 3 atom stereocenters. The van der Waals surface area contributed by atoms with Crippen LogP contribution in [0.1, 0.15) is 13.8 Å². The molecule has 6 heteroatoms. The highest BCUT2D eigenvalue weighted by Crippen LogP contribution is 2.43. The van der Waals surface area contributed by atoms with E-state index in [9.17, 15) is 9.90 Å². The molecular formula is C8H12O6. The molecule has 2 saturated heterocycles. The maximum absolute atomic E-state index is 11.0. The van der Waals surface area contributed by atoms with Crippen molar-refractivity contribution >= 4 is 5.97 Å². The second kappa shape index (κ2) is 2.66. The molecule has 0 aromatic heterocycles. The van der Waals surface area contributed by atoms with Crippen molar-refractivity contribution in [3.05, 3.63) is 0 Å². The number of carbonyl (C=O) groups is 1. The minimum Gasteiger partial charge on any atom is -0.477 e. The van der Waals surface area contributed by atoms with Gasteiger partial charge in [0.1, 0.15) is 6.10 Å². The third-order valence-electron chi connectivity index (χ3n) is 2.30. The Hall–Kier alpha value is -0.690.